The van der Waals surface area contributed by atoms with E-state index in [-0.39, 0.29) is 25.3 Å². The summed E-state index contributed by atoms with van der Waals surface area (Å²) in [6, 6.07) is 4.61. The van der Waals surface area contributed by atoms with Crippen molar-refractivity contribution in [3.05, 3.63) is 40.8 Å². The van der Waals surface area contributed by atoms with Crippen molar-refractivity contribution in [3.8, 4) is 0 Å². The fraction of sp³-hybridized carbons (Fsp3) is 0.368. The molecular weight excluding hydrogens is 396 g/mol. The summed E-state index contributed by atoms with van der Waals surface area (Å²) in [5, 5.41) is 15.4. The highest BCUT2D eigenvalue weighted by atomic mass is 16.5. The normalized spacial score (nSPS) is 12.8. The van der Waals surface area contributed by atoms with E-state index in [1.807, 2.05) is 0 Å². The average Bonchev–Trinajstić information content (AvgIpc) is 3.04. The number of aliphatic hydroxyl groups is 1. The van der Waals surface area contributed by atoms with Crippen LogP contribution in [0.25, 0.3) is 11.0 Å². The highest BCUT2D eigenvalue weighted by Gasteiger charge is 2.35. The number of amides is 1. The van der Waals surface area contributed by atoms with Gasteiger partial charge in [0.25, 0.3) is 0 Å². The van der Waals surface area contributed by atoms with E-state index in [1.165, 1.54) is 19.1 Å². The van der Waals surface area contributed by atoms with E-state index in [9.17, 15) is 24.3 Å². The summed E-state index contributed by atoms with van der Waals surface area (Å²) in [7, 11) is 0. The van der Waals surface area contributed by atoms with Gasteiger partial charge >= 0.3 is 17.6 Å². The summed E-state index contributed by atoms with van der Waals surface area (Å²) in [5.74, 6) is -3.92. The largest absolute Gasteiger partial charge is 0.465 e. The number of fused-ring (bicyclic) bond motifs is 1. The molecule has 0 bridgehead atoms. The summed E-state index contributed by atoms with van der Waals surface area (Å²) in [6.07, 6.45) is -1.59. The van der Waals surface area contributed by atoms with Gasteiger partial charge in [0.05, 0.1) is 17.6 Å². The Balaban J connectivity index is 2.05. The Bertz CT molecular complexity index is 994. The fourth-order valence-electron chi connectivity index (χ4n) is 2.53. The molecule has 11 nitrogen and oxygen atoms in total. The number of aliphatic hydroxyl groups excluding tert-OH is 1. The average molecular weight is 420 g/mol. The SMILES string of the molecule is C=C(C)C(=O)OCCNC(O)C(C(=O)Nc1ccc2[nH]c(=O)[nH]c2c1)C(=O)OCC. The van der Waals surface area contributed by atoms with Gasteiger partial charge in [0, 0.05) is 17.8 Å². The molecule has 0 radical (unpaired) electrons. The standard InChI is InChI=1S/C19H24N4O7/c1-4-29-18(27)14(15(24)20-7-8-30-17(26)10(2)3)16(25)21-11-5-6-12-13(9-11)23-19(28)22-12/h5-6,9,14-15,20,24H,2,4,7-8H2,1,3H3,(H,21,25)(H2,22,23,28). The zero-order valence-corrected chi connectivity index (χ0v) is 16.6. The number of rotatable bonds is 10. The number of benzene rings is 1. The van der Waals surface area contributed by atoms with Gasteiger partial charge < -0.3 is 29.9 Å². The Morgan fingerprint density at radius 1 is 1.20 bits per heavy atom. The lowest BCUT2D eigenvalue weighted by molar-refractivity contribution is -0.156. The van der Waals surface area contributed by atoms with E-state index in [1.54, 1.807) is 13.0 Å². The minimum Gasteiger partial charge on any atom is -0.465 e. The number of aromatic nitrogens is 2. The molecule has 2 atom stereocenters. The van der Waals surface area contributed by atoms with Gasteiger partial charge in [-0.2, -0.15) is 0 Å². The predicted molar refractivity (Wildman–Crippen MR) is 107 cm³/mol. The zero-order chi connectivity index (χ0) is 22.3. The summed E-state index contributed by atoms with van der Waals surface area (Å²) >= 11 is 0. The second-order valence-corrected chi connectivity index (χ2v) is 6.37. The fourth-order valence-corrected chi connectivity index (χ4v) is 2.53. The zero-order valence-electron chi connectivity index (χ0n) is 16.6. The number of H-pyrrole nitrogens is 2. The maximum Gasteiger partial charge on any atom is 0.333 e. The van der Waals surface area contributed by atoms with Crippen molar-refractivity contribution < 1.29 is 29.0 Å². The molecule has 0 aliphatic rings. The number of anilines is 1. The van der Waals surface area contributed by atoms with Crippen LogP contribution in [0.15, 0.2) is 35.1 Å². The Hall–Kier alpha value is -3.44. The Morgan fingerprint density at radius 2 is 1.90 bits per heavy atom. The molecule has 1 aromatic heterocycles. The molecular formula is C19H24N4O7. The number of carbonyl (C=O) groups is 3. The van der Waals surface area contributed by atoms with E-state index in [0.29, 0.717) is 16.7 Å². The summed E-state index contributed by atoms with van der Waals surface area (Å²) in [5.41, 5.74) is 1.14. The smallest absolute Gasteiger partial charge is 0.333 e. The van der Waals surface area contributed by atoms with E-state index in [2.05, 4.69) is 27.2 Å². The second-order valence-electron chi connectivity index (χ2n) is 6.37. The lowest BCUT2D eigenvalue weighted by atomic mass is 10.1. The lowest BCUT2D eigenvalue weighted by Crippen LogP contribution is -2.48. The molecule has 0 fully saturated rings. The van der Waals surface area contributed by atoms with Gasteiger partial charge in [-0.3, -0.25) is 14.9 Å². The van der Waals surface area contributed by atoms with Crippen LogP contribution in [0, 0.1) is 5.92 Å². The monoisotopic (exact) mass is 420 g/mol. The molecule has 0 spiro atoms. The van der Waals surface area contributed by atoms with Crippen molar-refractivity contribution in [2.24, 2.45) is 5.92 Å². The van der Waals surface area contributed by atoms with Crippen LogP contribution in [0.5, 0.6) is 0 Å². The first-order valence-electron chi connectivity index (χ1n) is 9.16. The molecule has 0 aliphatic heterocycles. The molecule has 11 heteroatoms. The van der Waals surface area contributed by atoms with E-state index in [4.69, 9.17) is 9.47 Å². The minimum absolute atomic E-state index is 0.0140. The molecule has 162 valence electrons. The van der Waals surface area contributed by atoms with Gasteiger partial charge in [-0.05, 0) is 32.0 Å². The van der Waals surface area contributed by atoms with Crippen molar-refractivity contribution in [2.75, 3.05) is 25.1 Å². The van der Waals surface area contributed by atoms with Crippen LogP contribution in [0.3, 0.4) is 0 Å². The van der Waals surface area contributed by atoms with Crippen molar-refractivity contribution >= 4 is 34.6 Å². The van der Waals surface area contributed by atoms with E-state index >= 15 is 0 Å². The molecule has 30 heavy (non-hydrogen) atoms. The van der Waals surface area contributed by atoms with Gasteiger partial charge in [0.1, 0.15) is 12.8 Å². The van der Waals surface area contributed by atoms with E-state index in [0.717, 1.165) is 0 Å². The first-order chi connectivity index (χ1) is 14.2. The second kappa shape index (κ2) is 10.4. The third kappa shape index (κ3) is 6.03. The summed E-state index contributed by atoms with van der Waals surface area (Å²) in [6.45, 7) is 6.41. The van der Waals surface area contributed by atoms with Gasteiger partial charge in [0.15, 0.2) is 5.92 Å². The highest BCUT2D eigenvalue weighted by Crippen LogP contribution is 2.16. The molecule has 0 saturated heterocycles. The Morgan fingerprint density at radius 3 is 2.57 bits per heavy atom. The van der Waals surface area contributed by atoms with Crippen LogP contribution in [0.2, 0.25) is 0 Å². The predicted octanol–water partition coefficient (Wildman–Crippen LogP) is 0.00130. The summed E-state index contributed by atoms with van der Waals surface area (Å²) < 4.78 is 9.76. The molecule has 5 N–H and O–H groups in total. The molecule has 2 unspecified atom stereocenters. The molecule has 1 amide bonds. The molecule has 2 rings (SSSR count). The molecule has 1 aromatic carbocycles. The third-order valence-electron chi connectivity index (χ3n) is 3.96. The van der Waals surface area contributed by atoms with Crippen molar-refractivity contribution in [1.82, 2.24) is 15.3 Å². The maximum atomic E-state index is 12.7. The van der Waals surface area contributed by atoms with Gasteiger partial charge in [-0.25, -0.2) is 9.59 Å². The quantitative estimate of drug-likeness (QED) is 0.118. The van der Waals surface area contributed by atoms with Crippen LogP contribution in [0.4, 0.5) is 5.69 Å². The number of ether oxygens (including phenoxy) is 2. The first-order valence-corrected chi connectivity index (χ1v) is 9.16. The number of nitrogens with one attached hydrogen (secondary N) is 4. The van der Waals surface area contributed by atoms with Crippen LogP contribution < -0.4 is 16.3 Å². The number of imidazole rings is 1. The van der Waals surface area contributed by atoms with Gasteiger partial charge in [0.2, 0.25) is 5.91 Å². The first kappa shape index (κ1) is 22.8. The summed E-state index contributed by atoms with van der Waals surface area (Å²) in [4.78, 5) is 52.7. The third-order valence-corrected chi connectivity index (χ3v) is 3.96. The van der Waals surface area contributed by atoms with E-state index < -0.39 is 35.7 Å². The molecule has 1 heterocycles. The molecule has 0 saturated carbocycles. The lowest BCUT2D eigenvalue weighted by Gasteiger charge is -2.21. The van der Waals surface area contributed by atoms with Crippen molar-refractivity contribution in [3.63, 3.8) is 0 Å². The van der Waals surface area contributed by atoms with Crippen molar-refractivity contribution in [2.45, 2.75) is 20.1 Å². The molecule has 0 aliphatic carbocycles. The number of hydrogen-bond acceptors (Lipinski definition) is 8. The number of esters is 2. The topological polar surface area (TPSA) is 163 Å². The Labute approximate surface area is 171 Å². The number of carbonyl (C=O) groups excluding carboxylic acids is 3. The molecule has 2 aromatic rings. The van der Waals surface area contributed by atoms with Crippen LogP contribution >= 0.6 is 0 Å². The minimum atomic E-state index is -1.59. The van der Waals surface area contributed by atoms with Crippen LogP contribution in [-0.2, 0) is 23.9 Å². The highest BCUT2D eigenvalue weighted by molar-refractivity contribution is 6.05. The Kier molecular flexibility index (Phi) is 7.90. The van der Waals surface area contributed by atoms with Gasteiger partial charge in [-0.15, -0.1) is 0 Å². The van der Waals surface area contributed by atoms with Crippen LogP contribution in [-0.4, -0.2) is 58.9 Å². The van der Waals surface area contributed by atoms with Crippen molar-refractivity contribution in [1.29, 1.82) is 0 Å². The number of aromatic amines is 2. The maximum absolute atomic E-state index is 12.7. The number of hydrogen-bond donors (Lipinski definition) is 5. The van der Waals surface area contributed by atoms with Gasteiger partial charge in [-0.1, -0.05) is 6.58 Å². The van der Waals surface area contributed by atoms with Crippen LogP contribution in [0.1, 0.15) is 13.8 Å².